The van der Waals surface area contributed by atoms with Crippen LogP contribution in [0.3, 0.4) is 0 Å². The van der Waals surface area contributed by atoms with Crippen molar-refractivity contribution in [2.75, 3.05) is 6.61 Å². The molecule has 1 N–H and O–H groups in total. The number of hydrogen-bond donors (Lipinski definition) is 1. The summed E-state index contributed by atoms with van der Waals surface area (Å²) in [5.74, 6) is 0.225. The van der Waals surface area contributed by atoms with Gasteiger partial charge in [-0.25, -0.2) is 9.37 Å². The van der Waals surface area contributed by atoms with Crippen molar-refractivity contribution >= 4 is 34.2 Å². The summed E-state index contributed by atoms with van der Waals surface area (Å²) in [6.07, 6.45) is 0. The number of hydrogen-bond acceptors (Lipinski definition) is 2. The number of nitrogens with zero attached hydrogens (tertiary/aromatic N) is 2. The molecule has 1 heterocycles. The Morgan fingerprint density at radius 3 is 2.62 bits per heavy atom. The number of aliphatic hydroxyl groups is 1. The normalized spacial score (nSPS) is 11.2. The number of aliphatic hydroxyl groups excluding tert-OH is 1. The third-order valence-electron chi connectivity index (χ3n) is 3.20. The van der Waals surface area contributed by atoms with Gasteiger partial charge in [-0.1, -0.05) is 35.3 Å². The molecule has 0 saturated heterocycles. The van der Waals surface area contributed by atoms with Gasteiger partial charge < -0.3 is 9.67 Å². The Labute approximate surface area is 130 Å². The number of rotatable bonds is 3. The molecule has 21 heavy (non-hydrogen) atoms. The zero-order valence-corrected chi connectivity index (χ0v) is 12.4. The third kappa shape index (κ3) is 2.62. The first kappa shape index (κ1) is 14.3. The summed E-state index contributed by atoms with van der Waals surface area (Å²) in [4.78, 5) is 4.49. The van der Waals surface area contributed by atoms with E-state index in [1.165, 1.54) is 12.1 Å². The Balaban J connectivity index is 2.28. The van der Waals surface area contributed by atoms with Crippen LogP contribution in [-0.2, 0) is 6.54 Å². The second kappa shape index (κ2) is 5.64. The average molecular weight is 325 g/mol. The van der Waals surface area contributed by atoms with Crippen molar-refractivity contribution in [3.8, 4) is 11.4 Å². The largest absolute Gasteiger partial charge is 0.395 e. The molecule has 0 saturated carbocycles. The van der Waals surface area contributed by atoms with E-state index in [2.05, 4.69) is 4.98 Å². The van der Waals surface area contributed by atoms with Gasteiger partial charge in [0.2, 0.25) is 0 Å². The summed E-state index contributed by atoms with van der Waals surface area (Å²) >= 11 is 12.1. The first-order chi connectivity index (χ1) is 10.1. The van der Waals surface area contributed by atoms with Gasteiger partial charge >= 0.3 is 0 Å². The summed E-state index contributed by atoms with van der Waals surface area (Å²) in [5.41, 5.74) is 2.03. The summed E-state index contributed by atoms with van der Waals surface area (Å²) in [5, 5.41) is 10.1. The van der Waals surface area contributed by atoms with Crippen molar-refractivity contribution in [2.45, 2.75) is 6.54 Å². The van der Waals surface area contributed by atoms with Crippen LogP contribution in [0.15, 0.2) is 36.4 Å². The lowest BCUT2D eigenvalue weighted by molar-refractivity contribution is 0.278. The van der Waals surface area contributed by atoms with Crippen molar-refractivity contribution in [1.82, 2.24) is 9.55 Å². The quantitative estimate of drug-likeness (QED) is 0.786. The highest BCUT2D eigenvalue weighted by molar-refractivity contribution is 6.42. The van der Waals surface area contributed by atoms with Gasteiger partial charge in [0.15, 0.2) is 0 Å². The average Bonchev–Trinajstić information content (AvgIpc) is 2.78. The second-order valence-electron chi connectivity index (χ2n) is 4.58. The summed E-state index contributed by atoms with van der Waals surface area (Å²) in [7, 11) is 0. The molecule has 3 aromatic rings. The smallest absolute Gasteiger partial charge is 0.141 e. The Bertz CT molecular complexity index is 817. The van der Waals surface area contributed by atoms with Crippen molar-refractivity contribution in [3.05, 3.63) is 52.3 Å². The monoisotopic (exact) mass is 324 g/mol. The van der Waals surface area contributed by atoms with Crippen LogP contribution in [0.25, 0.3) is 22.4 Å². The maximum atomic E-state index is 13.4. The highest BCUT2D eigenvalue weighted by atomic mass is 35.5. The summed E-state index contributed by atoms with van der Waals surface area (Å²) in [6, 6.07) is 9.52. The van der Waals surface area contributed by atoms with E-state index in [1.54, 1.807) is 28.8 Å². The Morgan fingerprint density at radius 1 is 1.14 bits per heavy atom. The van der Waals surface area contributed by atoms with Gasteiger partial charge in [-0.3, -0.25) is 0 Å². The van der Waals surface area contributed by atoms with Gasteiger partial charge in [0.25, 0.3) is 0 Å². The molecule has 0 fully saturated rings. The van der Waals surface area contributed by atoms with E-state index in [9.17, 15) is 9.50 Å². The van der Waals surface area contributed by atoms with Crippen LogP contribution >= 0.6 is 23.2 Å². The van der Waals surface area contributed by atoms with E-state index in [0.717, 1.165) is 5.52 Å². The van der Waals surface area contributed by atoms with Crippen molar-refractivity contribution in [3.63, 3.8) is 0 Å². The zero-order chi connectivity index (χ0) is 15.0. The van der Waals surface area contributed by atoms with Crippen LogP contribution in [0.4, 0.5) is 4.39 Å². The second-order valence-corrected chi connectivity index (χ2v) is 5.39. The first-order valence-electron chi connectivity index (χ1n) is 6.32. The Morgan fingerprint density at radius 2 is 1.90 bits per heavy atom. The third-order valence-corrected chi connectivity index (χ3v) is 3.92. The topological polar surface area (TPSA) is 38.0 Å². The van der Waals surface area contributed by atoms with Gasteiger partial charge in [0, 0.05) is 12.1 Å². The van der Waals surface area contributed by atoms with E-state index >= 15 is 0 Å². The molecular formula is C15H11Cl2FN2O. The molecule has 2 aromatic carbocycles. The fraction of sp³-hybridized carbons (Fsp3) is 0.133. The molecule has 0 bridgehead atoms. The van der Waals surface area contributed by atoms with Crippen LogP contribution in [0, 0.1) is 5.82 Å². The first-order valence-corrected chi connectivity index (χ1v) is 7.08. The predicted molar refractivity (Wildman–Crippen MR) is 82.2 cm³/mol. The number of halogens is 3. The minimum Gasteiger partial charge on any atom is -0.395 e. The predicted octanol–water partition coefficient (Wildman–Crippen LogP) is 4.14. The molecule has 0 spiro atoms. The van der Waals surface area contributed by atoms with Gasteiger partial charge in [0.1, 0.15) is 11.6 Å². The van der Waals surface area contributed by atoms with E-state index < -0.39 is 0 Å². The van der Waals surface area contributed by atoms with Crippen LogP contribution in [0.1, 0.15) is 0 Å². The molecule has 6 heteroatoms. The SMILES string of the molecule is OCCn1c(-c2cccc(F)c2)nc2cc(Cl)c(Cl)cc21. The van der Waals surface area contributed by atoms with Crippen LogP contribution in [-0.4, -0.2) is 21.3 Å². The van der Waals surface area contributed by atoms with Gasteiger partial charge in [-0.15, -0.1) is 0 Å². The van der Waals surface area contributed by atoms with E-state index in [-0.39, 0.29) is 12.4 Å². The molecule has 3 nitrogen and oxygen atoms in total. The Hall–Kier alpha value is -1.62. The lowest BCUT2D eigenvalue weighted by Crippen LogP contribution is -2.04. The molecule has 3 rings (SSSR count). The molecule has 0 aliphatic carbocycles. The molecule has 0 unspecified atom stereocenters. The van der Waals surface area contributed by atoms with E-state index in [1.807, 2.05) is 0 Å². The molecule has 1 aromatic heterocycles. The fourth-order valence-corrected chi connectivity index (χ4v) is 2.61. The zero-order valence-electron chi connectivity index (χ0n) is 10.9. The number of aromatic nitrogens is 2. The minimum atomic E-state index is -0.342. The molecule has 0 aliphatic rings. The molecule has 0 radical (unpaired) electrons. The standard InChI is InChI=1S/C15H11Cl2FN2O/c16-11-7-13-14(8-12(11)17)20(4-5-21)15(19-13)9-2-1-3-10(18)6-9/h1-3,6-8,21H,4-5H2. The lowest BCUT2D eigenvalue weighted by atomic mass is 10.2. The highest BCUT2D eigenvalue weighted by Gasteiger charge is 2.14. The molecule has 108 valence electrons. The molecule has 0 atom stereocenters. The van der Waals surface area contributed by atoms with Gasteiger partial charge in [-0.2, -0.15) is 0 Å². The van der Waals surface area contributed by atoms with Crippen LogP contribution in [0.5, 0.6) is 0 Å². The maximum absolute atomic E-state index is 13.4. The fourth-order valence-electron chi connectivity index (χ4n) is 2.29. The van der Waals surface area contributed by atoms with Gasteiger partial charge in [-0.05, 0) is 24.3 Å². The highest BCUT2D eigenvalue weighted by Crippen LogP contribution is 2.31. The molecular weight excluding hydrogens is 314 g/mol. The minimum absolute atomic E-state index is 0.0615. The Kier molecular flexibility index (Phi) is 3.85. The van der Waals surface area contributed by atoms with Crippen LogP contribution in [0.2, 0.25) is 10.0 Å². The van der Waals surface area contributed by atoms with Crippen molar-refractivity contribution in [2.24, 2.45) is 0 Å². The number of fused-ring (bicyclic) bond motifs is 1. The number of imidazole rings is 1. The van der Waals surface area contributed by atoms with E-state index in [0.29, 0.717) is 33.5 Å². The maximum Gasteiger partial charge on any atom is 0.141 e. The van der Waals surface area contributed by atoms with Crippen molar-refractivity contribution < 1.29 is 9.50 Å². The van der Waals surface area contributed by atoms with E-state index in [4.69, 9.17) is 23.2 Å². The number of benzene rings is 2. The molecule has 0 amide bonds. The van der Waals surface area contributed by atoms with Crippen LogP contribution < -0.4 is 0 Å². The summed E-state index contributed by atoms with van der Waals surface area (Å²) in [6.45, 7) is 0.272. The lowest BCUT2D eigenvalue weighted by Gasteiger charge is -2.07. The molecule has 0 aliphatic heterocycles. The van der Waals surface area contributed by atoms with Gasteiger partial charge in [0.05, 0.1) is 27.7 Å². The summed E-state index contributed by atoms with van der Waals surface area (Å²) < 4.78 is 15.2. The van der Waals surface area contributed by atoms with Crippen molar-refractivity contribution in [1.29, 1.82) is 0 Å².